The van der Waals surface area contributed by atoms with Crippen LogP contribution in [0.4, 0.5) is 0 Å². The first-order valence-electron chi connectivity index (χ1n) is 8.89. The fraction of sp³-hybridized carbons (Fsp3) is 0.0909. The number of nitrogens with zero attached hydrogens (tertiary/aromatic N) is 2. The predicted octanol–water partition coefficient (Wildman–Crippen LogP) is 2.63. The van der Waals surface area contributed by atoms with Crippen LogP contribution in [0.15, 0.2) is 83.0 Å². The molecule has 0 radical (unpaired) electrons. The third-order valence-electron chi connectivity index (χ3n) is 3.34. The first-order chi connectivity index (χ1) is 14.2. The number of carbonyl (C=O) groups excluding carboxylic acids is 2. The highest BCUT2D eigenvalue weighted by atomic mass is 16.5. The summed E-state index contributed by atoms with van der Waals surface area (Å²) in [6.45, 7) is -0.574. The molecule has 2 rings (SSSR count). The van der Waals surface area contributed by atoms with E-state index in [1.165, 1.54) is 12.4 Å². The second-order valence-electron chi connectivity index (χ2n) is 5.66. The highest BCUT2D eigenvalue weighted by Gasteiger charge is 2.03. The zero-order chi connectivity index (χ0) is 20.6. The van der Waals surface area contributed by atoms with Gasteiger partial charge in [-0.3, -0.25) is 9.59 Å². The summed E-state index contributed by atoms with van der Waals surface area (Å²) in [6, 6.07) is 19.4. The summed E-state index contributed by atoms with van der Waals surface area (Å²) < 4.78 is 5.00. The van der Waals surface area contributed by atoms with E-state index in [2.05, 4.69) is 21.1 Å². The van der Waals surface area contributed by atoms with E-state index in [1.807, 2.05) is 72.8 Å². The molecule has 7 nitrogen and oxygen atoms in total. The van der Waals surface area contributed by atoms with Crippen LogP contribution >= 0.6 is 0 Å². The zero-order valence-corrected chi connectivity index (χ0v) is 15.8. The molecule has 0 bridgehead atoms. The van der Waals surface area contributed by atoms with Gasteiger partial charge in [0.05, 0.1) is 0 Å². The lowest BCUT2D eigenvalue weighted by atomic mass is 10.2. The fourth-order valence-electron chi connectivity index (χ4n) is 2.04. The van der Waals surface area contributed by atoms with E-state index in [0.29, 0.717) is 0 Å². The summed E-state index contributed by atoms with van der Waals surface area (Å²) in [4.78, 5) is 23.1. The number of hydrogen-bond acceptors (Lipinski definition) is 5. The molecule has 0 aliphatic heterocycles. The van der Waals surface area contributed by atoms with E-state index in [0.717, 1.165) is 11.1 Å². The average Bonchev–Trinajstić information content (AvgIpc) is 2.75. The van der Waals surface area contributed by atoms with Gasteiger partial charge < -0.3 is 4.74 Å². The Hall–Kier alpha value is -3.84. The van der Waals surface area contributed by atoms with Crippen molar-refractivity contribution in [2.75, 3.05) is 13.2 Å². The standard InChI is InChI=1S/C22H22N4O3/c27-21(25-23-15-7-13-19-9-3-1-4-10-19)17-29-18-22(28)26-24-16-8-14-20-11-5-2-6-12-20/h1-16H,17-18H2,(H,25,27)(H,26,28)/b13-7-,14-8-,23-15+,24-16+. The van der Waals surface area contributed by atoms with E-state index >= 15 is 0 Å². The van der Waals surface area contributed by atoms with E-state index in [1.54, 1.807) is 12.2 Å². The van der Waals surface area contributed by atoms with Crippen LogP contribution in [-0.2, 0) is 14.3 Å². The van der Waals surface area contributed by atoms with Gasteiger partial charge in [0.1, 0.15) is 13.2 Å². The second-order valence-corrected chi connectivity index (χ2v) is 5.66. The van der Waals surface area contributed by atoms with E-state index in [4.69, 9.17) is 4.74 Å². The molecule has 0 spiro atoms. The lowest BCUT2D eigenvalue weighted by Gasteiger charge is -2.01. The number of nitrogens with one attached hydrogen (secondary N) is 2. The molecule has 2 aromatic carbocycles. The first-order valence-corrected chi connectivity index (χ1v) is 8.89. The minimum absolute atomic E-state index is 0.287. The lowest BCUT2D eigenvalue weighted by molar-refractivity contribution is -0.130. The third kappa shape index (κ3) is 10.2. The Labute approximate surface area is 169 Å². The minimum atomic E-state index is -0.462. The number of carbonyl (C=O) groups is 2. The van der Waals surface area contributed by atoms with Crippen molar-refractivity contribution in [2.24, 2.45) is 10.2 Å². The molecule has 2 amide bonds. The van der Waals surface area contributed by atoms with Gasteiger partial charge >= 0.3 is 0 Å². The van der Waals surface area contributed by atoms with Crippen molar-refractivity contribution in [1.82, 2.24) is 10.9 Å². The molecular formula is C22H22N4O3. The van der Waals surface area contributed by atoms with Crippen molar-refractivity contribution in [3.05, 3.63) is 83.9 Å². The number of amides is 2. The molecule has 7 heteroatoms. The molecule has 0 fully saturated rings. The molecule has 0 aliphatic rings. The molecule has 29 heavy (non-hydrogen) atoms. The highest BCUT2D eigenvalue weighted by Crippen LogP contribution is 2.00. The van der Waals surface area contributed by atoms with Gasteiger partial charge in [-0.1, -0.05) is 72.8 Å². The van der Waals surface area contributed by atoms with Gasteiger partial charge in [0.15, 0.2) is 0 Å². The normalized spacial score (nSPS) is 11.6. The number of ether oxygens (including phenoxy) is 1. The number of benzene rings is 2. The molecular weight excluding hydrogens is 368 g/mol. The van der Waals surface area contributed by atoms with Crippen LogP contribution in [0.25, 0.3) is 12.2 Å². The molecule has 0 atom stereocenters. The maximum Gasteiger partial charge on any atom is 0.266 e. The molecule has 0 unspecified atom stereocenters. The quantitative estimate of drug-likeness (QED) is 0.482. The zero-order valence-electron chi connectivity index (χ0n) is 15.8. The fourth-order valence-corrected chi connectivity index (χ4v) is 2.04. The monoisotopic (exact) mass is 390 g/mol. The molecule has 0 aromatic heterocycles. The SMILES string of the molecule is O=C(COCC(=O)N/N=C/C=C\c1ccccc1)N/N=C/C=C\c1ccccc1. The number of hydrogen-bond donors (Lipinski definition) is 2. The Balaban J connectivity index is 1.55. The van der Waals surface area contributed by atoms with Crippen LogP contribution < -0.4 is 10.9 Å². The summed E-state index contributed by atoms with van der Waals surface area (Å²) >= 11 is 0. The van der Waals surface area contributed by atoms with Crippen molar-refractivity contribution >= 4 is 36.4 Å². The molecule has 148 valence electrons. The molecule has 2 N–H and O–H groups in total. The highest BCUT2D eigenvalue weighted by molar-refractivity contribution is 5.83. The summed E-state index contributed by atoms with van der Waals surface area (Å²) in [5, 5.41) is 7.51. The van der Waals surface area contributed by atoms with Gasteiger partial charge in [0.2, 0.25) is 0 Å². The smallest absolute Gasteiger partial charge is 0.266 e. The van der Waals surface area contributed by atoms with Crippen molar-refractivity contribution in [3.8, 4) is 0 Å². The minimum Gasteiger partial charge on any atom is -0.362 e. The van der Waals surface area contributed by atoms with Crippen LogP contribution in [-0.4, -0.2) is 37.5 Å². The Bertz CT molecular complexity index is 802. The van der Waals surface area contributed by atoms with Crippen LogP contribution in [0.2, 0.25) is 0 Å². The maximum atomic E-state index is 11.5. The summed E-state index contributed by atoms with van der Waals surface area (Å²) in [5.41, 5.74) is 6.66. The predicted molar refractivity (Wildman–Crippen MR) is 115 cm³/mol. The molecule has 0 heterocycles. The summed E-state index contributed by atoms with van der Waals surface area (Å²) in [7, 11) is 0. The average molecular weight is 390 g/mol. The first kappa shape index (κ1) is 21.5. The Morgan fingerprint density at radius 2 is 1.14 bits per heavy atom. The lowest BCUT2D eigenvalue weighted by Crippen LogP contribution is -2.28. The van der Waals surface area contributed by atoms with Gasteiger partial charge in [0.25, 0.3) is 11.8 Å². The van der Waals surface area contributed by atoms with Crippen molar-refractivity contribution in [1.29, 1.82) is 0 Å². The van der Waals surface area contributed by atoms with Gasteiger partial charge in [-0.05, 0) is 23.3 Å². The largest absolute Gasteiger partial charge is 0.362 e. The van der Waals surface area contributed by atoms with Gasteiger partial charge in [-0.2, -0.15) is 10.2 Å². The summed E-state index contributed by atoms with van der Waals surface area (Å²) in [5.74, 6) is -0.923. The third-order valence-corrected chi connectivity index (χ3v) is 3.34. The van der Waals surface area contributed by atoms with E-state index < -0.39 is 11.8 Å². The van der Waals surface area contributed by atoms with E-state index in [-0.39, 0.29) is 13.2 Å². The number of rotatable bonds is 10. The van der Waals surface area contributed by atoms with Crippen LogP contribution in [0, 0.1) is 0 Å². The molecule has 2 aromatic rings. The van der Waals surface area contributed by atoms with Crippen molar-refractivity contribution in [2.45, 2.75) is 0 Å². The van der Waals surface area contributed by atoms with Crippen LogP contribution in [0.5, 0.6) is 0 Å². The van der Waals surface area contributed by atoms with E-state index in [9.17, 15) is 9.59 Å². The topological polar surface area (TPSA) is 92.2 Å². The van der Waals surface area contributed by atoms with Crippen LogP contribution in [0.1, 0.15) is 11.1 Å². The Morgan fingerprint density at radius 1 is 0.724 bits per heavy atom. The molecule has 0 aliphatic carbocycles. The van der Waals surface area contributed by atoms with Gasteiger partial charge in [-0.25, -0.2) is 10.9 Å². The second kappa shape index (κ2) is 13.3. The van der Waals surface area contributed by atoms with Crippen molar-refractivity contribution in [3.63, 3.8) is 0 Å². The maximum absolute atomic E-state index is 11.5. The van der Waals surface area contributed by atoms with Crippen LogP contribution in [0.3, 0.4) is 0 Å². The van der Waals surface area contributed by atoms with Gasteiger partial charge in [0, 0.05) is 12.4 Å². The number of hydrazone groups is 2. The number of allylic oxidation sites excluding steroid dienone is 2. The Kier molecular flexibility index (Phi) is 9.88. The molecule has 0 saturated heterocycles. The molecule has 0 saturated carbocycles. The van der Waals surface area contributed by atoms with Gasteiger partial charge in [-0.15, -0.1) is 0 Å². The Morgan fingerprint density at radius 3 is 1.55 bits per heavy atom. The summed E-state index contributed by atoms with van der Waals surface area (Å²) in [6.07, 6.45) is 10.0. The van der Waals surface area contributed by atoms with Crippen molar-refractivity contribution < 1.29 is 14.3 Å².